The average molecular weight is 399 g/mol. The van der Waals surface area contributed by atoms with E-state index in [0.29, 0.717) is 18.7 Å². The van der Waals surface area contributed by atoms with Gasteiger partial charge < -0.3 is 15.5 Å². The second-order valence-electron chi connectivity index (χ2n) is 8.52. The fourth-order valence-electron chi connectivity index (χ4n) is 4.74. The fraction of sp³-hybridized carbons (Fsp3) is 0.591. The van der Waals surface area contributed by atoms with Gasteiger partial charge >= 0.3 is 0 Å². The van der Waals surface area contributed by atoms with Crippen LogP contribution in [0.15, 0.2) is 24.3 Å². The molecule has 1 aromatic rings. The molecule has 0 radical (unpaired) electrons. The van der Waals surface area contributed by atoms with Crippen molar-refractivity contribution in [2.24, 2.45) is 11.7 Å². The number of carbonyl (C=O) groups is 3. The Bertz CT molecular complexity index is 763. The largest absolute Gasteiger partial charge is 0.368 e. The third-order valence-electron chi connectivity index (χ3n) is 6.61. The smallest absolute Gasteiger partial charge is 0.234 e. The summed E-state index contributed by atoms with van der Waals surface area (Å²) >= 11 is 0. The molecule has 3 N–H and O–H groups in total. The van der Waals surface area contributed by atoms with Gasteiger partial charge in [-0.2, -0.15) is 0 Å². The lowest BCUT2D eigenvalue weighted by atomic mass is 9.85. The number of benzene rings is 1. The zero-order chi connectivity index (χ0) is 20.4. The summed E-state index contributed by atoms with van der Waals surface area (Å²) in [5, 5.41) is 2.42. The second-order valence-corrected chi connectivity index (χ2v) is 8.52. The van der Waals surface area contributed by atoms with Crippen LogP contribution in [0.4, 0.5) is 5.69 Å². The fourth-order valence-corrected chi connectivity index (χ4v) is 4.74. The van der Waals surface area contributed by atoms with Crippen molar-refractivity contribution in [2.75, 3.05) is 31.1 Å². The Morgan fingerprint density at radius 2 is 1.59 bits per heavy atom. The van der Waals surface area contributed by atoms with E-state index in [1.54, 1.807) is 0 Å². The van der Waals surface area contributed by atoms with E-state index < -0.39 is 0 Å². The Balaban J connectivity index is 1.31. The zero-order valence-electron chi connectivity index (χ0n) is 16.8. The maximum absolute atomic E-state index is 12.8. The summed E-state index contributed by atoms with van der Waals surface area (Å²) in [6.07, 6.45) is 4.70. The molecule has 0 aromatic heterocycles. The van der Waals surface area contributed by atoms with E-state index in [9.17, 15) is 14.4 Å². The maximum atomic E-state index is 12.8. The molecule has 0 spiro atoms. The van der Waals surface area contributed by atoms with Crippen molar-refractivity contribution in [3.63, 3.8) is 0 Å². The van der Waals surface area contributed by atoms with Crippen molar-refractivity contribution in [2.45, 2.75) is 50.5 Å². The molecule has 3 aliphatic rings. The molecule has 1 atom stereocenters. The van der Waals surface area contributed by atoms with Crippen LogP contribution in [0.2, 0.25) is 0 Å². The van der Waals surface area contributed by atoms with Crippen LogP contribution >= 0.6 is 0 Å². The molecule has 1 aromatic carbocycles. The van der Waals surface area contributed by atoms with Crippen LogP contribution in [0.25, 0.3) is 0 Å². The summed E-state index contributed by atoms with van der Waals surface area (Å²) in [6.45, 7) is 3.12. The summed E-state index contributed by atoms with van der Waals surface area (Å²) in [5.41, 5.74) is 8.02. The van der Waals surface area contributed by atoms with Gasteiger partial charge in [0.05, 0.1) is 5.92 Å². The highest BCUT2D eigenvalue weighted by atomic mass is 16.2. The Morgan fingerprint density at radius 3 is 2.21 bits per heavy atom. The van der Waals surface area contributed by atoms with E-state index in [0.717, 1.165) is 63.1 Å². The number of nitrogens with one attached hydrogen (secondary N) is 1. The van der Waals surface area contributed by atoms with E-state index in [1.165, 1.54) is 0 Å². The van der Waals surface area contributed by atoms with Crippen LogP contribution in [0.3, 0.4) is 0 Å². The lowest BCUT2D eigenvalue weighted by molar-refractivity contribution is -0.137. The van der Waals surface area contributed by atoms with E-state index in [1.807, 2.05) is 29.2 Å². The van der Waals surface area contributed by atoms with E-state index in [-0.39, 0.29) is 29.7 Å². The van der Waals surface area contributed by atoms with Gasteiger partial charge in [0, 0.05) is 50.2 Å². The first-order valence-corrected chi connectivity index (χ1v) is 10.7. The number of hydrogen-bond donors (Lipinski definition) is 2. The quantitative estimate of drug-likeness (QED) is 0.750. The van der Waals surface area contributed by atoms with Gasteiger partial charge in [-0.15, -0.1) is 0 Å². The molecular weight excluding hydrogens is 368 g/mol. The number of piperidine rings is 1. The van der Waals surface area contributed by atoms with Crippen LogP contribution in [-0.2, 0) is 14.4 Å². The molecule has 2 saturated heterocycles. The molecule has 3 amide bonds. The van der Waals surface area contributed by atoms with E-state index in [2.05, 4.69) is 10.2 Å². The predicted molar refractivity (Wildman–Crippen MR) is 110 cm³/mol. The third kappa shape index (κ3) is 4.45. The highest BCUT2D eigenvalue weighted by Crippen LogP contribution is 2.28. The molecule has 3 fully saturated rings. The van der Waals surface area contributed by atoms with Crippen LogP contribution in [0.1, 0.15) is 50.0 Å². The predicted octanol–water partition coefficient (Wildman–Crippen LogP) is 1.37. The lowest BCUT2D eigenvalue weighted by Crippen LogP contribution is -2.51. The highest BCUT2D eigenvalue weighted by molar-refractivity contribution is 6.00. The molecule has 4 rings (SSSR count). The Labute approximate surface area is 171 Å². The molecule has 1 aliphatic carbocycles. The average Bonchev–Trinajstić information content (AvgIpc) is 2.74. The standard InChI is InChI=1S/C22H30N4O3/c23-17-5-1-16(2-6-17)22(29)26-13-11-25(12-14-26)18-7-3-15(4-8-18)19-9-10-20(27)24-21(19)28/h3-4,7-8,16-17,19H,1-2,5-6,9-14,23H2,(H,24,27,28). The summed E-state index contributed by atoms with van der Waals surface area (Å²) in [6, 6.07) is 8.31. The number of amides is 3. The first kappa shape index (κ1) is 19.9. The summed E-state index contributed by atoms with van der Waals surface area (Å²) in [4.78, 5) is 40.5. The molecule has 1 saturated carbocycles. The molecule has 7 heteroatoms. The van der Waals surface area contributed by atoms with Gasteiger partial charge in [-0.05, 0) is 49.8 Å². The van der Waals surface area contributed by atoms with Crippen molar-refractivity contribution in [1.29, 1.82) is 0 Å². The number of carbonyl (C=O) groups excluding carboxylic acids is 3. The van der Waals surface area contributed by atoms with Crippen molar-refractivity contribution in [1.82, 2.24) is 10.2 Å². The normalized spacial score (nSPS) is 28.2. The number of nitrogens with zero attached hydrogens (tertiary/aromatic N) is 2. The van der Waals surface area contributed by atoms with Crippen LogP contribution in [-0.4, -0.2) is 54.8 Å². The topological polar surface area (TPSA) is 95.7 Å². The van der Waals surface area contributed by atoms with E-state index >= 15 is 0 Å². The number of hydrogen-bond acceptors (Lipinski definition) is 5. The van der Waals surface area contributed by atoms with Crippen LogP contribution in [0, 0.1) is 5.92 Å². The number of nitrogens with two attached hydrogens (primary N) is 1. The third-order valence-corrected chi connectivity index (χ3v) is 6.61. The number of imide groups is 1. The minimum Gasteiger partial charge on any atom is -0.368 e. The SMILES string of the molecule is NC1CCC(C(=O)N2CCN(c3ccc(C4CCC(=O)NC4=O)cc3)CC2)CC1. The van der Waals surface area contributed by atoms with Gasteiger partial charge in [0.25, 0.3) is 0 Å². The maximum Gasteiger partial charge on any atom is 0.234 e. The van der Waals surface area contributed by atoms with Gasteiger partial charge in [0.15, 0.2) is 0 Å². The van der Waals surface area contributed by atoms with Crippen LogP contribution in [0.5, 0.6) is 0 Å². The monoisotopic (exact) mass is 398 g/mol. The molecule has 29 heavy (non-hydrogen) atoms. The summed E-state index contributed by atoms with van der Waals surface area (Å²) in [5.74, 6) is -0.199. The molecule has 2 aliphatic heterocycles. The number of piperazine rings is 1. The second kappa shape index (κ2) is 8.53. The minimum absolute atomic E-state index is 0.147. The van der Waals surface area contributed by atoms with Gasteiger partial charge in [0.2, 0.25) is 17.7 Å². The van der Waals surface area contributed by atoms with Gasteiger partial charge in [-0.1, -0.05) is 12.1 Å². The zero-order valence-corrected chi connectivity index (χ0v) is 16.8. The van der Waals surface area contributed by atoms with Crippen molar-refractivity contribution in [3.05, 3.63) is 29.8 Å². The molecule has 1 unspecified atom stereocenters. The molecular formula is C22H30N4O3. The van der Waals surface area contributed by atoms with E-state index in [4.69, 9.17) is 5.73 Å². The summed E-state index contributed by atoms with van der Waals surface area (Å²) in [7, 11) is 0. The molecule has 2 heterocycles. The van der Waals surface area contributed by atoms with Gasteiger partial charge in [0.1, 0.15) is 0 Å². The number of rotatable bonds is 3. The Hall–Kier alpha value is -2.41. The molecule has 0 bridgehead atoms. The van der Waals surface area contributed by atoms with Gasteiger partial charge in [-0.25, -0.2) is 0 Å². The first-order valence-electron chi connectivity index (χ1n) is 10.7. The first-order chi connectivity index (χ1) is 14.0. The summed E-state index contributed by atoms with van der Waals surface area (Å²) < 4.78 is 0. The van der Waals surface area contributed by atoms with Gasteiger partial charge in [-0.3, -0.25) is 19.7 Å². The van der Waals surface area contributed by atoms with Crippen molar-refractivity contribution in [3.8, 4) is 0 Å². The Kier molecular flexibility index (Phi) is 5.85. The minimum atomic E-state index is -0.250. The van der Waals surface area contributed by atoms with Crippen molar-refractivity contribution < 1.29 is 14.4 Å². The lowest BCUT2D eigenvalue weighted by Gasteiger charge is -2.38. The van der Waals surface area contributed by atoms with Crippen LogP contribution < -0.4 is 16.0 Å². The molecule has 156 valence electrons. The Morgan fingerprint density at radius 1 is 0.931 bits per heavy atom. The van der Waals surface area contributed by atoms with Crippen molar-refractivity contribution >= 4 is 23.4 Å². The number of anilines is 1. The highest BCUT2D eigenvalue weighted by Gasteiger charge is 2.31. The molecule has 7 nitrogen and oxygen atoms in total.